The van der Waals surface area contributed by atoms with Gasteiger partial charge in [0.2, 0.25) is 0 Å². The van der Waals surface area contributed by atoms with Crippen molar-refractivity contribution in [3.05, 3.63) is 46.2 Å². The van der Waals surface area contributed by atoms with Crippen molar-refractivity contribution in [2.24, 2.45) is 0 Å². The molecule has 0 spiro atoms. The number of aromatic nitrogens is 2. The Morgan fingerprint density at radius 2 is 1.96 bits per heavy atom. The van der Waals surface area contributed by atoms with E-state index in [2.05, 4.69) is 5.10 Å². The van der Waals surface area contributed by atoms with Gasteiger partial charge in [0.15, 0.2) is 0 Å². The third-order valence-electron chi connectivity index (χ3n) is 3.47. The highest BCUT2D eigenvalue weighted by Gasteiger charge is 2.17. The van der Waals surface area contributed by atoms with Gasteiger partial charge in [-0.3, -0.25) is 9.59 Å². The van der Waals surface area contributed by atoms with Crippen LogP contribution in [-0.2, 0) is 22.7 Å². The highest BCUT2D eigenvalue weighted by molar-refractivity contribution is 5.71. The zero-order valence-corrected chi connectivity index (χ0v) is 13.4. The second-order valence-electron chi connectivity index (χ2n) is 5.14. The zero-order valence-electron chi connectivity index (χ0n) is 13.4. The Labute approximate surface area is 134 Å². The van der Waals surface area contributed by atoms with Crippen LogP contribution in [0.3, 0.4) is 0 Å². The van der Waals surface area contributed by atoms with Gasteiger partial charge in [-0.2, -0.15) is 5.10 Å². The van der Waals surface area contributed by atoms with Crippen molar-refractivity contribution in [2.45, 2.75) is 39.8 Å². The van der Waals surface area contributed by atoms with E-state index in [0.717, 1.165) is 5.56 Å². The number of benzene rings is 1. The molecular formula is C17H21N3O3. The normalized spacial score (nSPS) is 10.5. The molecule has 0 fully saturated rings. The standard InChI is InChI=1S/C17H21N3O3/c1-3-8-14(21)23-11-13-15(18)17(22)20(4-2)19-16(13)12-9-6-5-7-10-12/h5-7,9-10H,3-4,8,11,18H2,1-2H3. The third-order valence-corrected chi connectivity index (χ3v) is 3.47. The monoisotopic (exact) mass is 315 g/mol. The number of carbonyl (C=O) groups excluding carboxylic acids is 1. The first-order valence-corrected chi connectivity index (χ1v) is 7.69. The molecule has 0 atom stereocenters. The molecule has 23 heavy (non-hydrogen) atoms. The van der Waals surface area contributed by atoms with Crippen LogP contribution in [0, 0.1) is 0 Å². The molecule has 0 saturated carbocycles. The molecule has 1 aromatic heterocycles. The molecule has 6 heteroatoms. The van der Waals surface area contributed by atoms with E-state index in [1.54, 1.807) is 0 Å². The van der Waals surface area contributed by atoms with E-state index in [1.807, 2.05) is 44.2 Å². The molecule has 0 aliphatic carbocycles. The van der Waals surface area contributed by atoms with Gasteiger partial charge in [0, 0.05) is 24.1 Å². The second-order valence-corrected chi connectivity index (χ2v) is 5.14. The molecule has 1 heterocycles. The van der Waals surface area contributed by atoms with Crippen LogP contribution in [-0.4, -0.2) is 15.7 Å². The predicted molar refractivity (Wildman–Crippen MR) is 88.7 cm³/mol. The van der Waals surface area contributed by atoms with Gasteiger partial charge in [0.05, 0.1) is 5.69 Å². The summed E-state index contributed by atoms with van der Waals surface area (Å²) in [5.41, 5.74) is 7.54. The Hall–Kier alpha value is -2.63. The number of rotatable bonds is 6. The summed E-state index contributed by atoms with van der Waals surface area (Å²) in [7, 11) is 0. The molecule has 0 aliphatic heterocycles. The Bertz CT molecular complexity index is 739. The lowest BCUT2D eigenvalue weighted by Crippen LogP contribution is -2.27. The first-order valence-electron chi connectivity index (χ1n) is 7.69. The number of aryl methyl sites for hydroxylation is 1. The van der Waals surface area contributed by atoms with E-state index < -0.39 is 0 Å². The Balaban J connectivity index is 2.48. The summed E-state index contributed by atoms with van der Waals surface area (Å²) in [6, 6.07) is 9.40. The molecule has 122 valence electrons. The summed E-state index contributed by atoms with van der Waals surface area (Å²) in [4.78, 5) is 23.8. The SMILES string of the molecule is CCCC(=O)OCc1c(-c2ccccc2)nn(CC)c(=O)c1N. The average Bonchev–Trinajstić information content (AvgIpc) is 2.57. The minimum atomic E-state index is -0.367. The van der Waals surface area contributed by atoms with Crippen LogP contribution in [0.2, 0.25) is 0 Å². The first-order chi connectivity index (χ1) is 11.1. The Kier molecular flexibility index (Phi) is 5.51. The van der Waals surface area contributed by atoms with Crippen molar-refractivity contribution in [2.75, 3.05) is 5.73 Å². The molecule has 2 aromatic rings. The summed E-state index contributed by atoms with van der Waals surface area (Å²) in [5.74, 6) is -0.314. The largest absolute Gasteiger partial charge is 0.461 e. The number of esters is 1. The maximum atomic E-state index is 12.2. The lowest BCUT2D eigenvalue weighted by Gasteiger charge is -2.14. The molecule has 0 aliphatic rings. The van der Waals surface area contributed by atoms with Gasteiger partial charge in [-0.25, -0.2) is 4.68 Å². The number of nitrogen functional groups attached to an aromatic ring is 1. The van der Waals surface area contributed by atoms with Crippen molar-refractivity contribution in [1.29, 1.82) is 0 Å². The fraction of sp³-hybridized carbons (Fsp3) is 0.353. The van der Waals surface area contributed by atoms with E-state index in [-0.39, 0.29) is 23.8 Å². The molecule has 2 N–H and O–H groups in total. The molecule has 0 radical (unpaired) electrons. The van der Waals surface area contributed by atoms with Crippen molar-refractivity contribution in [1.82, 2.24) is 9.78 Å². The quantitative estimate of drug-likeness (QED) is 0.827. The van der Waals surface area contributed by atoms with Gasteiger partial charge in [-0.05, 0) is 13.3 Å². The van der Waals surface area contributed by atoms with Gasteiger partial charge < -0.3 is 10.5 Å². The van der Waals surface area contributed by atoms with Crippen LogP contribution in [0.5, 0.6) is 0 Å². The molecule has 0 bridgehead atoms. The summed E-state index contributed by atoms with van der Waals surface area (Å²) in [6.07, 6.45) is 1.04. The molecule has 0 amide bonds. The first kappa shape index (κ1) is 16.7. The number of nitrogens with zero attached hydrogens (tertiary/aromatic N) is 2. The van der Waals surface area contributed by atoms with Crippen LogP contribution in [0.1, 0.15) is 32.3 Å². The van der Waals surface area contributed by atoms with Gasteiger partial charge >= 0.3 is 5.97 Å². The summed E-state index contributed by atoms with van der Waals surface area (Å²) < 4.78 is 6.55. The fourth-order valence-corrected chi connectivity index (χ4v) is 2.24. The van der Waals surface area contributed by atoms with Crippen LogP contribution in [0.15, 0.2) is 35.1 Å². The zero-order chi connectivity index (χ0) is 16.8. The Morgan fingerprint density at radius 3 is 2.57 bits per heavy atom. The van der Waals surface area contributed by atoms with Crippen molar-refractivity contribution >= 4 is 11.7 Å². The predicted octanol–water partition coefficient (Wildman–Crippen LogP) is 2.36. The molecule has 6 nitrogen and oxygen atoms in total. The highest BCUT2D eigenvalue weighted by Crippen LogP contribution is 2.24. The molecular weight excluding hydrogens is 294 g/mol. The summed E-state index contributed by atoms with van der Waals surface area (Å²) in [6.45, 7) is 4.08. The number of carbonyl (C=O) groups is 1. The minimum absolute atomic E-state index is 0.0539. The summed E-state index contributed by atoms with van der Waals surface area (Å²) in [5, 5.41) is 4.38. The van der Waals surface area contributed by atoms with E-state index in [0.29, 0.717) is 30.6 Å². The van der Waals surface area contributed by atoms with E-state index >= 15 is 0 Å². The topological polar surface area (TPSA) is 87.2 Å². The fourth-order valence-electron chi connectivity index (χ4n) is 2.24. The van der Waals surface area contributed by atoms with Crippen molar-refractivity contribution < 1.29 is 9.53 Å². The maximum Gasteiger partial charge on any atom is 0.306 e. The number of ether oxygens (including phenoxy) is 1. The van der Waals surface area contributed by atoms with E-state index in [1.165, 1.54) is 4.68 Å². The molecule has 0 unspecified atom stereocenters. The summed E-state index contributed by atoms with van der Waals surface area (Å²) >= 11 is 0. The molecule has 1 aromatic carbocycles. The number of hydrogen-bond donors (Lipinski definition) is 1. The minimum Gasteiger partial charge on any atom is -0.461 e. The Morgan fingerprint density at radius 1 is 1.26 bits per heavy atom. The maximum absolute atomic E-state index is 12.2. The van der Waals surface area contributed by atoms with E-state index in [9.17, 15) is 9.59 Å². The van der Waals surface area contributed by atoms with E-state index in [4.69, 9.17) is 10.5 Å². The van der Waals surface area contributed by atoms with Crippen LogP contribution < -0.4 is 11.3 Å². The third kappa shape index (κ3) is 3.77. The highest BCUT2D eigenvalue weighted by atomic mass is 16.5. The average molecular weight is 315 g/mol. The van der Waals surface area contributed by atoms with Gasteiger partial charge in [0.25, 0.3) is 5.56 Å². The number of nitrogens with two attached hydrogens (primary N) is 1. The molecule has 2 rings (SSSR count). The number of hydrogen-bond acceptors (Lipinski definition) is 5. The molecule has 0 saturated heterocycles. The van der Waals surface area contributed by atoms with Crippen LogP contribution >= 0.6 is 0 Å². The lowest BCUT2D eigenvalue weighted by atomic mass is 10.1. The lowest BCUT2D eigenvalue weighted by molar-refractivity contribution is -0.144. The number of anilines is 1. The van der Waals surface area contributed by atoms with Crippen molar-refractivity contribution in [3.63, 3.8) is 0 Å². The van der Waals surface area contributed by atoms with Crippen molar-refractivity contribution in [3.8, 4) is 11.3 Å². The second kappa shape index (κ2) is 7.58. The van der Waals surface area contributed by atoms with Crippen LogP contribution in [0.4, 0.5) is 5.69 Å². The van der Waals surface area contributed by atoms with Gasteiger partial charge in [-0.15, -0.1) is 0 Å². The van der Waals surface area contributed by atoms with Gasteiger partial charge in [0.1, 0.15) is 12.3 Å². The smallest absolute Gasteiger partial charge is 0.306 e. The van der Waals surface area contributed by atoms with Gasteiger partial charge in [-0.1, -0.05) is 37.3 Å². The van der Waals surface area contributed by atoms with Crippen LogP contribution in [0.25, 0.3) is 11.3 Å².